The van der Waals surface area contributed by atoms with Crippen LogP contribution >= 0.6 is 0 Å². The van der Waals surface area contributed by atoms with E-state index in [0.717, 1.165) is 6.54 Å². The number of sulfone groups is 1. The lowest BCUT2D eigenvalue weighted by Gasteiger charge is -2.33. The van der Waals surface area contributed by atoms with Gasteiger partial charge in [0.05, 0.1) is 12.4 Å². The fourth-order valence-corrected chi connectivity index (χ4v) is 3.23. The zero-order valence-electron chi connectivity index (χ0n) is 10.8. The first-order valence-electron chi connectivity index (χ1n) is 6.55. The molecule has 4 nitrogen and oxygen atoms in total. The van der Waals surface area contributed by atoms with Crippen LogP contribution < -0.4 is 0 Å². The molecule has 0 aliphatic heterocycles. The molecule has 0 amide bonds. The monoisotopic (exact) mass is 263 g/mol. The van der Waals surface area contributed by atoms with Gasteiger partial charge in [-0.2, -0.15) is 0 Å². The summed E-state index contributed by atoms with van der Waals surface area (Å²) in [4.78, 5) is 2.27. The summed E-state index contributed by atoms with van der Waals surface area (Å²) < 4.78 is 22.2. The number of aliphatic hydroxyl groups excluding tert-OH is 1. The SMILES string of the molecule is CS(=O)(=O)CCCN(CCO)C1CCCCC1. The number of hydrogen-bond donors (Lipinski definition) is 1. The molecule has 102 valence electrons. The van der Waals surface area contributed by atoms with Gasteiger partial charge in [-0.25, -0.2) is 8.42 Å². The topological polar surface area (TPSA) is 57.6 Å². The van der Waals surface area contributed by atoms with E-state index in [1.165, 1.54) is 38.4 Å². The maximum Gasteiger partial charge on any atom is 0.147 e. The molecule has 0 saturated heterocycles. The van der Waals surface area contributed by atoms with E-state index in [-0.39, 0.29) is 12.4 Å². The third-order valence-electron chi connectivity index (χ3n) is 3.44. The second-order valence-electron chi connectivity index (χ2n) is 5.03. The Morgan fingerprint density at radius 2 is 1.82 bits per heavy atom. The number of nitrogens with zero attached hydrogens (tertiary/aromatic N) is 1. The predicted octanol–water partition coefficient (Wildman–Crippen LogP) is 1.05. The summed E-state index contributed by atoms with van der Waals surface area (Å²) in [6, 6.07) is 0.551. The first-order chi connectivity index (χ1) is 8.03. The van der Waals surface area contributed by atoms with Crippen molar-refractivity contribution in [2.75, 3.05) is 31.7 Å². The van der Waals surface area contributed by atoms with Gasteiger partial charge < -0.3 is 5.11 Å². The van der Waals surface area contributed by atoms with Crippen molar-refractivity contribution >= 4 is 9.84 Å². The lowest BCUT2D eigenvalue weighted by Crippen LogP contribution is -2.39. The zero-order valence-corrected chi connectivity index (χ0v) is 11.6. The Labute approximate surface area is 105 Å². The Hall–Kier alpha value is -0.130. The van der Waals surface area contributed by atoms with E-state index in [1.807, 2.05) is 0 Å². The minimum atomic E-state index is -2.85. The number of rotatable bonds is 7. The summed E-state index contributed by atoms with van der Waals surface area (Å²) >= 11 is 0. The molecule has 5 heteroatoms. The third-order valence-corrected chi connectivity index (χ3v) is 4.47. The summed E-state index contributed by atoms with van der Waals surface area (Å²) in [5, 5.41) is 9.07. The molecule has 0 heterocycles. The van der Waals surface area contributed by atoms with Gasteiger partial charge in [0.25, 0.3) is 0 Å². The Morgan fingerprint density at radius 3 is 2.35 bits per heavy atom. The predicted molar refractivity (Wildman–Crippen MR) is 69.9 cm³/mol. The molecule has 17 heavy (non-hydrogen) atoms. The summed E-state index contributed by atoms with van der Waals surface area (Å²) in [7, 11) is -2.85. The maximum absolute atomic E-state index is 11.1. The molecular weight excluding hydrogens is 238 g/mol. The molecule has 1 saturated carbocycles. The van der Waals surface area contributed by atoms with Crippen molar-refractivity contribution in [3.63, 3.8) is 0 Å². The van der Waals surface area contributed by atoms with Gasteiger partial charge in [0, 0.05) is 18.8 Å². The molecule has 0 spiro atoms. The highest BCUT2D eigenvalue weighted by atomic mass is 32.2. The minimum absolute atomic E-state index is 0.162. The molecule has 1 aliphatic rings. The Bertz CT molecular complexity index is 297. The van der Waals surface area contributed by atoms with E-state index >= 15 is 0 Å². The quantitative estimate of drug-likeness (QED) is 0.746. The number of hydrogen-bond acceptors (Lipinski definition) is 4. The van der Waals surface area contributed by atoms with Gasteiger partial charge in [0.1, 0.15) is 9.84 Å². The highest BCUT2D eigenvalue weighted by Gasteiger charge is 2.20. The first-order valence-corrected chi connectivity index (χ1v) is 8.61. The van der Waals surface area contributed by atoms with Gasteiger partial charge >= 0.3 is 0 Å². The van der Waals surface area contributed by atoms with Crippen molar-refractivity contribution in [3.05, 3.63) is 0 Å². The third kappa shape index (κ3) is 6.38. The van der Waals surface area contributed by atoms with E-state index in [0.29, 0.717) is 19.0 Å². The van der Waals surface area contributed by atoms with Crippen LogP contribution in [0, 0.1) is 0 Å². The average Bonchev–Trinajstić information content (AvgIpc) is 2.27. The van der Waals surface area contributed by atoms with Crippen LogP contribution in [0.15, 0.2) is 0 Å². The van der Waals surface area contributed by atoms with E-state index in [2.05, 4.69) is 4.90 Å². The van der Waals surface area contributed by atoms with Crippen molar-refractivity contribution in [2.24, 2.45) is 0 Å². The molecule has 0 aromatic carbocycles. The molecule has 0 unspecified atom stereocenters. The van der Waals surface area contributed by atoms with Crippen LogP contribution in [0.4, 0.5) is 0 Å². The second kappa shape index (κ2) is 7.34. The highest BCUT2D eigenvalue weighted by molar-refractivity contribution is 7.90. The van der Waals surface area contributed by atoms with Crippen molar-refractivity contribution < 1.29 is 13.5 Å². The summed E-state index contributed by atoms with van der Waals surface area (Å²) in [5.74, 6) is 0.252. The Morgan fingerprint density at radius 1 is 1.18 bits per heavy atom. The van der Waals surface area contributed by atoms with Crippen LogP contribution in [0.2, 0.25) is 0 Å². The Kier molecular flexibility index (Phi) is 6.44. The zero-order chi connectivity index (χ0) is 12.7. The van der Waals surface area contributed by atoms with Crippen molar-refractivity contribution in [2.45, 2.75) is 44.6 Å². The molecule has 0 aromatic heterocycles. The molecule has 1 N–H and O–H groups in total. The Balaban J connectivity index is 2.36. The van der Waals surface area contributed by atoms with Crippen molar-refractivity contribution in [1.29, 1.82) is 0 Å². The molecule has 0 aromatic rings. The second-order valence-corrected chi connectivity index (χ2v) is 7.29. The molecule has 0 radical (unpaired) electrons. The molecule has 1 fully saturated rings. The summed E-state index contributed by atoms with van der Waals surface area (Å²) in [5.41, 5.74) is 0. The molecule has 0 atom stereocenters. The standard InChI is InChI=1S/C12H25NO3S/c1-17(15,16)11-5-8-13(9-10-14)12-6-3-2-4-7-12/h12,14H,2-11H2,1H3. The summed E-state index contributed by atoms with van der Waals surface area (Å²) in [6.07, 6.45) is 8.18. The minimum Gasteiger partial charge on any atom is -0.395 e. The normalized spacial score (nSPS) is 18.8. The molecular formula is C12H25NO3S. The molecule has 1 aliphatic carbocycles. The largest absolute Gasteiger partial charge is 0.395 e. The first kappa shape index (κ1) is 14.9. The fraction of sp³-hybridized carbons (Fsp3) is 1.00. The van der Waals surface area contributed by atoms with Crippen LogP contribution in [0.3, 0.4) is 0 Å². The van der Waals surface area contributed by atoms with E-state index in [4.69, 9.17) is 5.11 Å². The van der Waals surface area contributed by atoms with Gasteiger partial charge in [-0.3, -0.25) is 4.90 Å². The van der Waals surface area contributed by atoms with Gasteiger partial charge in [0.2, 0.25) is 0 Å². The van der Waals surface area contributed by atoms with Gasteiger partial charge in [-0.1, -0.05) is 19.3 Å². The van der Waals surface area contributed by atoms with Crippen LogP contribution in [-0.4, -0.2) is 56.2 Å². The van der Waals surface area contributed by atoms with Gasteiger partial charge in [-0.15, -0.1) is 0 Å². The smallest absolute Gasteiger partial charge is 0.147 e. The van der Waals surface area contributed by atoms with E-state index < -0.39 is 9.84 Å². The molecule has 1 rings (SSSR count). The maximum atomic E-state index is 11.1. The lowest BCUT2D eigenvalue weighted by atomic mass is 9.94. The van der Waals surface area contributed by atoms with E-state index in [1.54, 1.807) is 0 Å². The van der Waals surface area contributed by atoms with Crippen molar-refractivity contribution in [1.82, 2.24) is 4.90 Å². The molecule has 0 bridgehead atoms. The number of aliphatic hydroxyl groups is 1. The average molecular weight is 263 g/mol. The van der Waals surface area contributed by atoms with Gasteiger partial charge in [0.15, 0.2) is 0 Å². The van der Waals surface area contributed by atoms with Crippen LogP contribution in [0.25, 0.3) is 0 Å². The lowest BCUT2D eigenvalue weighted by molar-refractivity contribution is 0.124. The highest BCUT2D eigenvalue weighted by Crippen LogP contribution is 2.22. The van der Waals surface area contributed by atoms with Crippen LogP contribution in [-0.2, 0) is 9.84 Å². The summed E-state index contributed by atoms with van der Waals surface area (Å²) in [6.45, 7) is 1.63. The van der Waals surface area contributed by atoms with Crippen LogP contribution in [0.5, 0.6) is 0 Å². The van der Waals surface area contributed by atoms with Gasteiger partial charge in [-0.05, 0) is 25.8 Å². The van der Waals surface area contributed by atoms with E-state index in [9.17, 15) is 8.42 Å². The van der Waals surface area contributed by atoms with Crippen molar-refractivity contribution in [3.8, 4) is 0 Å². The fourth-order valence-electron chi connectivity index (χ4n) is 2.58. The van der Waals surface area contributed by atoms with Crippen LogP contribution in [0.1, 0.15) is 38.5 Å².